The summed E-state index contributed by atoms with van der Waals surface area (Å²) < 4.78 is 35.6. The zero-order chi connectivity index (χ0) is 25.4. The quantitative estimate of drug-likeness (QED) is 0.214. The van der Waals surface area contributed by atoms with E-state index >= 15 is 0 Å². The second-order valence-electron chi connectivity index (χ2n) is 7.31. The van der Waals surface area contributed by atoms with Crippen LogP contribution in [-0.2, 0) is 19.6 Å². The van der Waals surface area contributed by atoms with Crippen molar-refractivity contribution in [2.24, 2.45) is 0 Å². The van der Waals surface area contributed by atoms with E-state index in [1.165, 1.54) is 54.6 Å². The topological polar surface area (TPSA) is 123 Å². The van der Waals surface area contributed by atoms with Crippen molar-refractivity contribution in [3.8, 4) is 11.8 Å². The third-order valence-electron chi connectivity index (χ3n) is 4.75. The van der Waals surface area contributed by atoms with Crippen LogP contribution in [0.3, 0.4) is 0 Å². The van der Waals surface area contributed by atoms with Crippen molar-refractivity contribution in [3.05, 3.63) is 95.1 Å². The van der Waals surface area contributed by atoms with Gasteiger partial charge in [-0.25, -0.2) is 4.79 Å². The van der Waals surface area contributed by atoms with Crippen LogP contribution in [0.25, 0.3) is 6.08 Å². The molecule has 9 heteroatoms. The highest BCUT2D eigenvalue weighted by Gasteiger charge is 2.19. The third-order valence-corrected chi connectivity index (χ3v) is 6.00. The molecule has 8 nitrogen and oxygen atoms in total. The van der Waals surface area contributed by atoms with Crippen molar-refractivity contribution in [2.45, 2.75) is 18.7 Å². The molecule has 0 aliphatic carbocycles. The Labute approximate surface area is 203 Å². The number of carbonyl (C=O) groups excluding carboxylic acids is 2. The van der Waals surface area contributed by atoms with Crippen molar-refractivity contribution >= 4 is 33.8 Å². The minimum Gasteiger partial charge on any atom is -0.462 e. The van der Waals surface area contributed by atoms with Gasteiger partial charge in [0.1, 0.15) is 22.3 Å². The maximum absolute atomic E-state index is 12.7. The Morgan fingerprint density at radius 3 is 2.29 bits per heavy atom. The summed E-state index contributed by atoms with van der Waals surface area (Å²) in [6.45, 7) is 3.77. The molecular formula is C26H22N2O6S. The van der Waals surface area contributed by atoms with Crippen LogP contribution in [-0.4, -0.2) is 26.9 Å². The van der Waals surface area contributed by atoms with Gasteiger partial charge in [0.25, 0.3) is 5.91 Å². The van der Waals surface area contributed by atoms with E-state index in [9.17, 15) is 23.3 Å². The predicted octanol–water partition coefficient (Wildman–Crippen LogP) is 4.49. The third kappa shape index (κ3) is 6.56. The first-order valence-electron chi connectivity index (χ1n) is 10.5. The lowest BCUT2D eigenvalue weighted by Gasteiger charge is -2.10. The molecule has 0 aromatic heterocycles. The van der Waals surface area contributed by atoms with Gasteiger partial charge < -0.3 is 14.2 Å². The van der Waals surface area contributed by atoms with Crippen molar-refractivity contribution in [1.82, 2.24) is 0 Å². The fourth-order valence-corrected chi connectivity index (χ4v) is 3.91. The van der Waals surface area contributed by atoms with E-state index in [1.54, 1.807) is 31.2 Å². The van der Waals surface area contributed by atoms with Gasteiger partial charge in [-0.05, 0) is 62.4 Å². The Bertz CT molecular complexity index is 1400. The monoisotopic (exact) mass is 490 g/mol. The molecule has 1 N–H and O–H groups in total. The molecule has 0 aliphatic rings. The van der Waals surface area contributed by atoms with Gasteiger partial charge in [0.05, 0.1) is 12.2 Å². The summed E-state index contributed by atoms with van der Waals surface area (Å²) in [7, 11) is -4.13. The Hall–Kier alpha value is -4.42. The van der Waals surface area contributed by atoms with Crippen LogP contribution in [0.15, 0.2) is 83.3 Å². The highest BCUT2D eigenvalue weighted by molar-refractivity contribution is 7.87. The van der Waals surface area contributed by atoms with Crippen molar-refractivity contribution < 1.29 is 26.9 Å². The van der Waals surface area contributed by atoms with Gasteiger partial charge in [-0.3, -0.25) is 4.79 Å². The highest BCUT2D eigenvalue weighted by Crippen LogP contribution is 2.25. The van der Waals surface area contributed by atoms with Gasteiger partial charge in [-0.2, -0.15) is 13.7 Å². The number of nitriles is 1. The summed E-state index contributed by atoms with van der Waals surface area (Å²) in [5.41, 5.74) is 1.53. The average Bonchev–Trinajstić information content (AvgIpc) is 2.84. The number of nitrogens with zero attached hydrogens (tertiary/aromatic N) is 1. The molecule has 0 radical (unpaired) electrons. The molecule has 0 heterocycles. The van der Waals surface area contributed by atoms with E-state index in [4.69, 9.17) is 8.92 Å². The minimum absolute atomic E-state index is 0.0219. The smallest absolute Gasteiger partial charge is 0.339 e. The molecule has 0 fully saturated rings. The molecule has 0 saturated heterocycles. The summed E-state index contributed by atoms with van der Waals surface area (Å²) >= 11 is 0. The molecule has 3 aromatic rings. The molecule has 178 valence electrons. The van der Waals surface area contributed by atoms with Gasteiger partial charge in [-0.1, -0.05) is 35.9 Å². The average molecular weight is 491 g/mol. The summed E-state index contributed by atoms with van der Waals surface area (Å²) in [6, 6.07) is 20.1. The molecule has 3 aromatic carbocycles. The number of benzene rings is 3. The number of amides is 1. The standard InChI is InChI=1S/C26H22N2O6S/c1-3-33-26(30)19-10-12-22(13-11-19)28-25(29)21(17-27)16-20-6-4-5-7-24(20)34-35(31,32)23-14-8-18(2)9-15-23/h4-16H,3H2,1-2H3,(H,28,29)/b21-16+. The molecule has 0 aliphatic heterocycles. The van der Waals surface area contributed by atoms with Crippen LogP contribution in [0.4, 0.5) is 5.69 Å². The fourth-order valence-electron chi connectivity index (χ4n) is 2.95. The lowest BCUT2D eigenvalue weighted by molar-refractivity contribution is -0.112. The first-order chi connectivity index (χ1) is 16.7. The Morgan fingerprint density at radius 2 is 1.66 bits per heavy atom. The lowest BCUT2D eigenvalue weighted by Crippen LogP contribution is -2.14. The highest BCUT2D eigenvalue weighted by atomic mass is 32.2. The predicted molar refractivity (Wildman–Crippen MR) is 130 cm³/mol. The SMILES string of the molecule is CCOC(=O)c1ccc(NC(=O)/C(C#N)=C/c2ccccc2OS(=O)(=O)c2ccc(C)cc2)cc1. The first-order valence-corrected chi connectivity index (χ1v) is 11.9. The maximum Gasteiger partial charge on any atom is 0.339 e. The van der Waals surface area contributed by atoms with Gasteiger partial charge in [0.2, 0.25) is 0 Å². The molecule has 3 rings (SSSR count). The van der Waals surface area contributed by atoms with Crippen LogP contribution in [0.1, 0.15) is 28.4 Å². The molecular weight excluding hydrogens is 468 g/mol. The Morgan fingerprint density at radius 1 is 1.00 bits per heavy atom. The first kappa shape index (κ1) is 25.2. The number of hydrogen-bond acceptors (Lipinski definition) is 7. The summed E-state index contributed by atoms with van der Waals surface area (Å²) in [5, 5.41) is 12.1. The maximum atomic E-state index is 12.7. The molecule has 0 atom stereocenters. The number of aryl methyl sites for hydroxylation is 1. The molecule has 0 bridgehead atoms. The van der Waals surface area contributed by atoms with Gasteiger partial charge in [0.15, 0.2) is 0 Å². The normalized spacial score (nSPS) is 11.3. The minimum atomic E-state index is -4.13. The van der Waals surface area contributed by atoms with E-state index in [0.717, 1.165) is 5.56 Å². The summed E-state index contributed by atoms with van der Waals surface area (Å²) in [4.78, 5) is 24.4. The van der Waals surface area contributed by atoms with Crippen molar-refractivity contribution in [2.75, 3.05) is 11.9 Å². The van der Waals surface area contributed by atoms with Gasteiger partial charge in [-0.15, -0.1) is 0 Å². The number of rotatable bonds is 8. The van der Waals surface area contributed by atoms with Crippen LogP contribution in [0.2, 0.25) is 0 Å². The summed E-state index contributed by atoms with van der Waals surface area (Å²) in [5.74, 6) is -1.24. The number of esters is 1. The van der Waals surface area contributed by atoms with E-state index < -0.39 is 22.0 Å². The summed E-state index contributed by atoms with van der Waals surface area (Å²) in [6.07, 6.45) is 1.24. The van der Waals surface area contributed by atoms with Crippen LogP contribution >= 0.6 is 0 Å². The largest absolute Gasteiger partial charge is 0.462 e. The van der Waals surface area contributed by atoms with Crippen LogP contribution in [0.5, 0.6) is 5.75 Å². The molecule has 1 amide bonds. The zero-order valence-corrected chi connectivity index (χ0v) is 19.8. The molecule has 0 saturated carbocycles. The fraction of sp³-hybridized carbons (Fsp3) is 0.115. The number of hydrogen-bond donors (Lipinski definition) is 1. The van der Waals surface area contributed by atoms with Gasteiger partial charge in [0, 0.05) is 11.3 Å². The van der Waals surface area contributed by atoms with Crippen molar-refractivity contribution in [3.63, 3.8) is 0 Å². The van der Waals surface area contributed by atoms with E-state index in [2.05, 4.69) is 5.32 Å². The lowest BCUT2D eigenvalue weighted by atomic mass is 10.1. The molecule has 0 unspecified atom stereocenters. The number of nitrogens with one attached hydrogen (secondary N) is 1. The van der Waals surface area contributed by atoms with Crippen molar-refractivity contribution in [1.29, 1.82) is 5.26 Å². The van der Waals surface area contributed by atoms with Crippen LogP contribution in [0, 0.1) is 18.3 Å². The Balaban J connectivity index is 1.81. The van der Waals surface area contributed by atoms with E-state index in [0.29, 0.717) is 11.3 Å². The second kappa shape index (κ2) is 11.1. The zero-order valence-electron chi connectivity index (χ0n) is 19.0. The molecule has 0 spiro atoms. The van der Waals surface area contributed by atoms with E-state index in [-0.39, 0.29) is 28.4 Å². The number of carbonyl (C=O) groups is 2. The van der Waals surface area contributed by atoms with Gasteiger partial charge >= 0.3 is 16.1 Å². The number of ether oxygens (including phenoxy) is 1. The number of anilines is 1. The second-order valence-corrected chi connectivity index (χ2v) is 8.86. The number of para-hydroxylation sites is 1. The molecule has 35 heavy (non-hydrogen) atoms. The Kier molecular flexibility index (Phi) is 8.02. The van der Waals surface area contributed by atoms with E-state index in [1.807, 2.05) is 13.0 Å². The van der Waals surface area contributed by atoms with Crippen LogP contribution < -0.4 is 9.50 Å².